The lowest BCUT2D eigenvalue weighted by molar-refractivity contribution is 0.0785. The summed E-state index contributed by atoms with van der Waals surface area (Å²) in [5, 5.41) is 7.89. The van der Waals surface area contributed by atoms with Crippen molar-refractivity contribution in [3.8, 4) is 0 Å². The van der Waals surface area contributed by atoms with Crippen molar-refractivity contribution in [2.75, 3.05) is 20.1 Å². The minimum absolute atomic E-state index is 0.791. The molecule has 1 aromatic rings. The van der Waals surface area contributed by atoms with Gasteiger partial charge in [0.2, 0.25) is 0 Å². The van der Waals surface area contributed by atoms with E-state index in [1.165, 1.54) is 24.9 Å². The van der Waals surface area contributed by atoms with Crippen molar-refractivity contribution >= 4 is 11.3 Å². The number of rotatable bonds is 6. The van der Waals surface area contributed by atoms with E-state index in [1.54, 1.807) is 11.3 Å². The van der Waals surface area contributed by atoms with Crippen LogP contribution in [0.25, 0.3) is 0 Å². The van der Waals surface area contributed by atoms with Gasteiger partial charge in [-0.3, -0.25) is 4.90 Å². The molecule has 1 fully saturated rings. The van der Waals surface area contributed by atoms with Gasteiger partial charge in [0.1, 0.15) is 0 Å². The van der Waals surface area contributed by atoms with Crippen LogP contribution >= 0.6 is 11.3 Å². The van der Waals surface area contributed by atoms with Gasteiger partial charge in [-0.25, -0.2) is 0 Å². The largest absolute Gasteiger partial charge is 0.317 e. The van der Waals surface area contributed by atoms with E-state index in [4.69, 9.17) is 0 Å². The molecule has 0 aromatic carbocycles. The zero-order valence-corrected chi connectivity index (χ0v) is 11.1. The van der Waals surface area contributed by atoms with Gasteiger partial charge >= 0.3 is 0 Å². The first kappa shape index (κ1) is 12.1. The standard InChI is InChI=1S/C13H22N2S/c1-3-14-8-12-4-5-13(12)15(2)9-11-6-7-16-10-11/h6-7,10,12-14H,3-5,8-9H2,1-2H3. The molecule has 2 nitrogen and oxygen atoms in total. The van der Waals surface area contributed by atoms with Crippen molar-refractivity contribution in [3.05, 3.63) is 22.4 Å². The van der Waals surface area contributed by atoms with Crippen LogP contribution in [0.2, 0.25) is 0 Å². The van der Waals surface area contributed by atoms with Crippen LogP contribution < -0.4 is 5.32 Å². The summed E-state index contributed by atoms with van der Waals surface area (Å²) < 4.78 is 0. The lowest BCUT2D eigenvalue weighted by Crippen LogP contribution is -2.48. The van der Waals surface area contributed by atoms with E-state index < -0.39 is 0 Å². The van der Waals surface area contributed by atoms with Gasteiger partial charge < -0.3 is 5.32 Å². The molecule has 1 aliphatic rings. The fourth-order valence-corrected chi connectivity index (χ4v) is 3.15. The topological polar surface area (TPSA) is 15.3 Å². The highest BCUT2D eigenvalue weighted by Gasteiger charge is 2.33. The Morgan fingerprint density at radius 3 is 2.94 bits per heavy atom. The summed E-state index contributed by atoms with van der Waals surface area (Å²) in [7, 11) is 2.26. The summed E-state index contributed by atoms with van der Waals surface area (Å²) >= 11 is 1.79. The van der Waals surface area contributed by atoms with E-state index in [9.17, 15) is 0 Å². The average Bonchev–Trinajstić information content (AvgIpc) is 2.69. The van der Waals surface area contributed by atoms with Crippen molar-refractivity contribution in [2.24, 2.45) is 5.92 Å². The van der Waals surface area contributed by atoms with Crippen molar-refractivity contribution in [1.29, 1.82) is 0 Å². The summed E-state index contributed by atoms with van der Waals surface area (Å²) in [5.74, 6) is 0.864. The first-order valence-corrected chi connectivity index (χ1v) is 7.17. The zero-order chi connectivity index (χ0) is 11.4. The highest BCUT2D eigenvalue weighted by molar-refractivity contribution is 7.07. The molecule has 0 radical (unpaired) electrons. The molecule has 1 heterocycles. The molecule has 1 aliphatic carbocycles. The molecule has 2 atom stereocenters. The van der Waals surface area contributed by atoms with Crippen LogP contribution in [-0.4, -0.2) is 31.1 Å². The Kier molecular flexibility index (Phi) is 4.38. The molecule has 0 aliphatic heterocycles. The molecule has 1 saturated carbocycles. The number of hydrogen-bond donors (Lipinski definition) is 1. The number of hydrogen-bond acceptors (Lipinski definition) is 3. The molecule has 1 aromatic heterocycles. The number of thiophene rings is 1. The quantitative estimate of drug-likeness (QED) is 0.819. The Hall–Kier alpha value is -0.380. The summed E-state index contributed by atoms with van der Waals surface area (Å²) in [5.41, 5.74) is 1.46. The lowest BCUT2D eigenvalue weighted by Gasteiger charge is -2.43. The smallest absolute Gasteiger partial charge is 0.0242 e. The van der Waals surface area contributed by atoms with E-state index in [0.29, 0.717) is 0 Å². The van der Waals surface area contributed by atoms with E-state index in [0.717, 1.165) is 25.0 Å². The van der Waals surface area contributed by atoms with Crippen LogP contribution in [0.5, 0.6) is 0 Å². The molecule has 3 heteroatoms. The maximum atomic E-state index is 3.47. The lowest BCUT2D eigenvalue weighted by atomic mass is 9.78. The Balaban J connectivity index is 1.78. The molecule has 2 unspecified atom stereocenters. The average molecular weight is 238 g/mol. The second-order valence-electron chi connectivity index (χ2n) is 4.76. The fourth-order valence-electron chi connectivity index (χ4n) is 2.49. The van der Waals surface area contributed by atoms with E-state index in [-0.39, 0.29) is 0 Å². The number of nitrogens with zero attached hydrogens (tertiary/aromatic N) is 1. The Bertz CT molecular complexity index is 297. The highest BCUT2D eigenvalue weighted by Crippen LogP contribution is 2.31. The van der Waals surface area contributed by atoms with Gasteiger partial charge in [-0.15, -0.1) is 0 Å². The van der Waals surface area contributed by atoms with Gasteiger partial charge in [-0.1, -0.05) is 6.92 Å². The van der Waals surface area contributed by atoms with Crippen LogP contribution in [0, 0.1) is 5.92 Å². The highest BCUT2D eigenvalue weighted by atomic mass is 32.1. The van der Waals surface area contributed by atoms with Crippen LogP contribution in [0.15, 0.2) is 16.8 Å². The monoisotopic (exact) mass is 238 g/mol. The van der Waals surface area contributed by atoms with Gasteiger partial charge in [0.25, 0.3) is 0 Å². The van der Waals surface area contributed by atoms with Crippen LogP contribution in [-0.2, 0) is 6.54 Å². The van der Waals surface area contributed by atoms with Crippen molar-refractivity contribution < 1.29 is 0 Å². The minimum atomic E-state index is 0.791. The van der Waals surface area contributed by atoms with Crippen LogP contribution in [0.4, 0.5) is 0 Å². The molecular formula is C13H22N2S. The Morgan fingerprint density at radius 1 is 1.50 bits per heavy atom. The van der Waals surface area contributed by atoms with Crippen LogP contribution in [0.1, 0.15) is 25.3 Å². The molecule has 1 N–H and O–H groups in total. The molecule has 0 saturated heterocycles. The predicted octanol–water partition coefficient (Wildman–Crippen LogP) is 2.57. The second kappa shape index (κ2) is 5.80. The van der Waals surface area contributed by atoms with Crippen molar-refractivity contribution in [1.82, 2.24) is 10.2 Å². The Labute approximate surface area is 103 Å². The maximum absolute atomic E-state index is 3.47. The summed E-state index contributed by atoms with van der Waals surface area (Å²) in [6.45, 7) is 5.58. The second-order valence-corrected chi connectivity index (χ2v) is 5.54. The van der Waals surface area contributed by atoms with Gasteiger partial charge in [-0.05, 0) is 61.3 Å². The molecule has 2 rings (SSSR count). The normalized spacial score (nSPS) is 24.7. The summed E-state index contributed by atoms with van der Waals surface area (Å²) in [6, 6.07) is 3.03. The van der Waals surface area contributed by atoms with E-state index in [2.05, 4.69) is 41.0 Å². The van der Waals surface area contributed by atoms with Crippen molar-refractivity contribution in [3.63, 3.8) is 0 Å². The zero-order valence-electron chi connectivity index (χ0n) is 10.3. The third-order valence-corrected chi connectivity index (χ3v) is 4.34. The predicted molar refractivity (Wildman–Crippen MR) is 70.8 cm³/mol. The number of nitrogens with one attached hydrogen (secondary N) is 1. The fraction of sp³-hybridized carbons (Fsp3) is 0.692. The molecular weight excluding hydrogens is 216 g/mol. The van der Waals surface area contributed by atoms with Gasteiger partial charge in [-0.2, -0.15) is 11.3 Å². The van der Waals surface area contributed by atoms with E-state index >= 15 is 0 Å². The molecule has 90 valence electrons. The summed E-state index contributed by atoms with van der Waals surface area (Å²) in [4.78, 5) is 2.52. The first-order valence-electron chi connectivity index (χ1n) is 6.23. The molecule has 0 spiro atoms. The third-order valence-electron chi connectivity index (χ3n) is 3.61. The Morgan fingerprint density at radius 2 is 2.38 bits per heavy atom. The van der Waals surface area contributed by atoms with Crippen molar-refractivity contribution in [2.45, 2.75) is 32.4 Å². The van der Waals surface area contributed by atoms with E-state index in [1.807, 2.05) is 0 Å². The maximum Gasteiger partial charge on any atom is 0.0242 e. The SMILES string of the molecule is CCNCC1CCC1N(C)Cc1ccsc1. The van der Waals surface area contributed by atoms with Gasteiger partial charge in [0, 0.05) is 12.6 Å². The van der Waals surface area contributed by atoms with Crippen LogP contribution in [0.3, 0.4) is 0 Å². The molecule has 16 heavy (non-hydrogen) atoms. The van der Waals surface area contributed by atoms with Gasteiger partial charge in [0.15, 0.2) is 0 Å². The minimum Gasteiger partial charge on any atom is -0.317 e. The first-order chi connectivity index (χ1) is 7.81. The third kappa shape index (κ3) is 2.84. The summed E-state index contributed by atoms with van der Waals surface area (Å²) in [6.07, 6.45) is 2.77. The van der Waals surface area contributed by atoms with Gasteiger partial charge in [0.05, 0.1) is 0 Å². The molecule has 0 bridgehead atoms. The molecule has 0 amide bonds.